The zero-order chi connectivity index (χ0) is 22.5. The highest BCUT2D eigenvalue weighted by Crippen LogP contribution is 2.45. The van der Waals surface area contributed by atoms with Crippen LogP contribution in [0.4, 0.5) is 15.8 Å². The van der Waals surface area contributed by atoms with Gasteiger partial charge in [0, 0.05) is 37.3 Å². The molecule has 8 heteroatoms. The third-order valence-electron chi connectivity index (χ3n) is 6.04. The second kappa shape index (κ2) is 7.26. The standard InChI is InChI=1S/C24H19FN4O3/c1-28-22(31)18-9-8-15(19-7-2-3-12-26-19)13-20(18)29-21(30)10-11-24(28,29)23(32)27-17-6-4-5-16(25)14-17/h2-9,12-14H,10-11H2,1H3,(H,27,32). The Labute approximate surface area is 183 Å². The van der Waals surface area contributed by atoms with Gasteiger partial charge >= 0.3 is 0 Å². The monoisotopic (exact) mass is 430 g/mol. The summed E-state index contributed by atoms with van der Waals surface area (Å²) in [5.74, 6) is -1.71. The summed E-state index contributed by atoms with van der Waals surface area (Å²) >= 11 is 0. The van der Waals surface area contributed by atoms with Crippen LogP contribution in [-0.4, -0.2) is 40.3 Å². The van der Waals surface area contributed by atoms with Crippen molar-refractivity contribution in [1.29, 1.82) is 0 Å². The molecule has 2 aliphatic heterocycles. The molecule has 1 atom stereocenters. The van der Waals surface area contributed by atoms with E-state index < -0.39 is 17.4 Å². The first-order valence-electron chi connectivity index (χ1n) is 10.2. The number of rotatable bonds is 3. The number of anilines is 2. The second-order valence-corrected chi connectivity index (χ2v) is 7.82. The molecule has 0 spiro atoms. The zero-order valence-corrected chi connectivity index (χ0v) is 17.2. The molecule has 32 heavy (non-hydrogen) atoms. The number of hydrogen-bond acceptors (Lipinski definition) is 4. The molecule has 160 valence electrons. The fourth-order valence-corrected chi connectivity index (χ4v) is 4.47. The van der Waals surface area contributed by atoms with Crippen molar-refractivity contribution < 1.29 is 18.8 Å². The largest absolute Gasteiger partial charge is 0.322 e. The number of halogens is 1. The zero-order valence-electron chi connectivity index (χ0n) is 17.2. The van der Waals surface area contributed by atoms with E-state index in [9.17, 15) is 18.8 Å². The van der Waals surface area contributed by atoms with E-state index >= 15 is 0 Å². The van der Waals surface area contributed by atoms with Gasteiger partial charge in [0.1, 0.15) is 5.82 Å². The minimum Gasteiger partial charge on any atom is -0.322 e. The quantitative estimate of drug-likeness (QED) is 0.690. The predicted molar refractivity (Wildman–Crippen MR) is 116 cm³/mol. The SMILES string of the molecule is CN1C(=O)c2ccc(-c3ccccn3)cc2N2C(=O)CCC12C(=O)Nc1cccc(F)c1. The van der Waals surface area contributed by atoms with Crippen molar-refractivity contribution in [2.45, 2.75) is 18.5 Å². The normalized spacial score (nSPS) is 19.6. The minimum absolute atomic E-state index is 0.0987. The average Bonchev–Trinajstić information content (AvgIpc) is 3.16. The van der Waals surface area contributed by atoms with Gasteiger partial charge in [0.2, 0.25) is 11.6 Å². The Hall–Kier alpha value is -4.07. The van der Waals surface area contributed by atoms with E-state index in [1.165, 1.54) is 35.0 Å². The number of aromatic nitrogens is 1. The highest BCUT2D eigenvalue weighted by Gasteiger charge is 2.59. The molecule has 0 aliphatic carbocycles. The summed E-state index contributed by atoms with van der Waals surface area (Å²) in [4.78, 5) is 46.8. The summed E-state index contributed by atoms with van der Waals surface area (Å²) in [6.07, 6.45) is 1.88. The fraction of sp³-hybridized carbons (Fsp3) is 0.167. The summed E-state index contributed by atoms with van der Waals surface area (Å²) in [6, 6.07) is 16.1. The van der Waals surface area contributed by atoms with Gasteiger partial charge in [-0.1, -0.05) is 18.2 Å². The molecule has 1 saturated heterocycles. The van der Waals surface area contributed by atoms with E-state index in [0.717, 1.165) is 5.56 Å². The first kappa shape index (κ1) is 19.9. The van der Waals surface area contributed by atoms with Crippen LogP contribution >= 0.6 is 0 Å². The predicted octanol–water partition coefficient (Wildman–Crippen LogP) is 3.44. The van der Waals surface area contributed by atoms with Crippen LogP contribution in [0.25, 0.3) is 11.3 Å². The average molecular weight is 430 g/mol. The molecule has 1 aromatic heterocycles. The van der Waals surface area contributed by atoms with Gasteiger partial charge in [0.05, 0.1) is 16.9 Å². The summed E-state index contributed by atoms with van der Waals surface area (Å²) in [5, 5.41) is 2.68. The lowest BCUT2D eigenvalue weighted by atomic mass is 9.94. The van der Waals surface area contributed by atoms with Crippen LogP contribution in [0.3, 0.4) is 0 Å². The Morgan fingerprint density at radius 2 is 1.94 bits per heavy atom. The van der Waals surface area contributed by atoms with E-state index in [1.54, 1.807) is 36.5 Å². The van der Waals surface area contributed by atoms with Crippen molar-refractivity contribution in [1.82, 2.24) is 9.88 Å². The van der Waals surface area contributed by atoms with Crippen molar-refractivity contribution >= 4 is 29.1 Å². The van der Waals surface area contributed by atoms with Gasteiger partial charge in [-0.3, -0.25) is 24.3 Å². The molecule has 2 aliphatic rings. The lowest BCUT2D eigenvalue weighted by Gasteiger charge is -2.47. The van der Waals surface area contributed by atoms with E-state index in [1.807, 2.05) is 12.1 Å². The number of amides is 3. The third-order valence-corrected chi connectivity index (χ3v) is 6.04. The molecule has 3 aromatic rings. The number of fused-ring (bicyclic) bond motifs is 3. The summed E-state index contributed by atoms with van der Waals surface area (Å²) in [7, 11) is 1.51. The van der Waals surface area contributed by atoms with Crippen molar-refractivity contribution in [3.63, 3.8) is 0 Å². The van der Waals surface area contributed by atoms with Crippen LogP contribution in [0, 0.1) is 5.82 Å². The summed E-state index contributed by atoms with van der Waals surface area (Å²) < 4.78 is 13.6. The first-order valence-corrected chi connectivity index (χ1v) is 10.2. The number of nitrogens with one attached hydrogen (secondary N) is 1. The van der Waals surface area contributed by atoms with Crippen molar-refractivity contribution in [2.75, 3.05) is 17.3 Å². The summed E-state index contributed by atoms with van der Waals surface area (Å²) in [5.41, 5.74) is 0.808. The van der Waals surface area contributed by atoms with Crippen LogP contribution < -0.4 is 10.2 Å². The Bertz CT molecular complexity index is 1260. The van der Waals surface area contributed by atoms with E-state index in [4.69, 9.17) is 0 Å². The molecule has 5 rings (SSSR count). The molecule has 0 bridgehead atoms. The molecule has 0 saturated carbocycles. The molecule has 7 nitrogen and oxygen atoms in total. The van der Waals surface area contributed by atoms with Gasteiger partial charge in [0.25, 0.3) is 11.8 Å². The maximum atomic E-state index is 13.6. The van der Waals surface area contributed by atoms with Crippen LogP contribution in [0.2, 0.25) is 0 Å². The number of carbonyl (C=O) groups excluding carboxylic acids is 3. The van der Waals surface area contributed by atoms with Crippen LogP contribution in [0.5, 0.6) is 0 Å². The van der Waals surface area contributed by atoms with Crippen LogP contribution in [0.1, 0.15) is 23.2 Å². The first-order chi connectivity index (χ1) is 15.4. The van der Waals surface area contributed by atoms with Crippen LogP contribution in [-0.2, 0) is 9.59 Å². The number of hydrogen-bond donors (Lipinski definition) is 1. The Kier molecular flexibility index (Phi) is 4.51. The Morgan fingerprint density at radius 3 is 2.69 bits per heavy atom. The molecule has 1 unspecified atom stereocenters. The number of likely N-dealkylation sites (N-methyl/N-ethyl adjacent to an activating group) is 1. The van der Waals surface area contributed by atoms with Crippen LogP contribution in [0.15, 0.2) is 66.9 Å². The van der Waals surface area contributed by atoms with E-state index in [2.05, 4.69) is 10.3 Å². The van der Waals surface area contributed by atoms with E-state index in [-0.39, 0.29) is 30.3 Å². The molecular weight excluding hydrogens is 411 g/mol. The lowest BCUT2D eigenvalue weighted by Crippen LogP contribution is -2.68. The second-order valence-electron chi connectivity index (χ2n) is 7.82. The van der Waals surface area contributed by atoms with E-state index in [0.29, 0.717) is 16.9 Å². The Morgan fingerprint density at radius 1 is 1.09 bits per heavy atom. The molecule has 1 fully saturated rings. The lowest BCUT2D eigenvalue weighted by molar-refractivity contribution is -0.128. The molecule has 0 radical (unpaired) electrons. The van der Waals surface area contributed by atoms with Gasteiger partial charge in [-0.15, -0.1) is 0 Å². The number of pyridine rings is 1. The highest BCUT2D eigenvalue weighted by atomic mass is 19.1. The molecule has 2 aromatic carbocycles. The molecule has 1 N–H and O–H groups in total. The number of benzene rings is 2. The molecular formula is C24H19FN4O3. The van der Waals surface area contributed by atoms with Crippen molar-refractivity contribution in [3.8, 4) is 11.3 Å². The maximum absolute atomic E-state index is 13.6. The Balaban J connectivity index is 1.63. The number of carbonyl (C=O) groups is 3. The van der Waals surface area contributed by atoms with Gasteiger partial charge in [-0.2, -0.15) is 0 Å². The number of nitrogens with zero attached hydrogens (tertiary/aromatic N) is 3. The van der Waals surface area contributed by atoms with Gasteiger partial charge in [-0.25, -0.2) is 4.39 Å². The molecule has 3 amide bonds. The third kappa shape index (κ3) is 2.87. The van der Waals surface area contributed by atoms with Crippen molar-refractivity contribution in [3.05, 3.63) is 78.2 Å². The van der Waals surface area contributed by atoms with Gasteiger partial charge in [-0.05, 0) is 42.5 Å². The maximum Gasteiger partial charge on any atom is 0.271 e. The fourth-order valence-electron chi connectivity index (χ4n) is 4.47. The van der Waals surface area contributed by atoms with Crippen molar-refractivity contribution in [2.24, 2.45) is 0 Å². The topological polar surface area (TPSA) is 82.6 Å². The molecule has 3 heterocycles. The summed E-state index contributed by atoms with van der Waals surface area (Å²) in [6.45, 7) is 0. The smallest absolute Gasteiger partial charge is 0.271 e. The highest BCUT2D eigenvalue weighted by molar-refractivity contribution is 6.18. The van der Waals surface area contributed by atoms with Gasteiger partial charge < -0.3 is 10.2 Å². The minimum atomic E-state index is -1.55. The van der Waals surface area contributed by atoms with Gasteiger partial charge in [0.15, 0.2) is 0 Å².